The molecule has 96 valence electrons. The topological polar surface area (TPSA) is 25.2 Å². The van der Waals surface area contributed by atoms with Crippen LogP contribution in [0.3, 0.4) is 0 Å². The minimum atomic E-state index is 0.441. The zero-order valence-corrected chi connectivity index (χ0v) is 11.1. The number of furan rings is 1. The predicted molar refractivity (Wildman–Crippen MR) is 75.5 cm³/mol. The van der Waals surface area contributed by atoms with Crippen LogP contribution >= 0.6 is 0 Å². The Kier molecular flexibility index (Phi) is 4.59. The lowest BCUT2D eigenvalue weighted by molar-refractivity contribution is 0.518. The fraction of sp³-hybridized carbons (Fsp3) is 0.375. The molecule has 0 bridgehead atoms. The average Bonchev–Trinajstić information content (AvgIpc) is 2.94. The number of benzene rings is 1. The molecule has 2 aromatic rings. The van der Waals surface area contributed by atoms with Crippen LogP contribution in [0, 0.1) is 0 Å². The molecule has 1 atom stereocenters. The highest BCUT2D eigenvalue weighted by atomic mass is 16.3. The summed E-state index contributed by atoms with van der Waals surface area (Å²) in [6.45, 7) is 5.48. The van der Waals surface area contributed by atoms with E-state index in [1.807, 2.05) is 6.07 Å². The van der Waals surface area contributed by atoms with Crippen molar-refractivity contribution < 1.29 is 4.42 Å². The summed E-state index contributed by atoms with van der Waals surface area (Å²) in [5.74, 6) is 0. The monoisotopic (exact) mass is 243 g/mol. The van der Waals surface area contributed by atoms with Crippen molar-refractivity contribution in [2.75, 3.05) is 6.54 Å². The van der Waals surface area contributed by atoms with Crippen LogP contribution in [0.2, 0.25) is 0 Å². The van der Waals surface area contributed by atoms with E-state index in [4.69, 9.17) is 4.42 Å². The van der Waals surface area contributed by atoms with Gasteiger partial charge in [0.05, 0.1) is 12.5 Å². The van der Waals surface area contributed by atoms with Crippen molar-refractivity contribution in [3.63, 3.8) is 0 Å². The molecule has 0 aliphatic rings. The van der Waals surface area contributed by atoms with E-state index in [0.29, 0.717) is 6.04 Å². The minimum absolute atomic E-state index is 0.441. The van der Waals surface area contributed by atoms with E-state index in [2.05, 4.69) is 43.4 Å². The zero-order valence-electron chi connectivity index (χ0n) is 11.1. The Hall–Kier alpha value is -1.54. The Balaban J connectivity index is 2.20. The number of rotatable bonds is 6. The highest BCUT2D eigenvalue weighted by Gasteiger charge is 2.09. The van der Waals surface area contributed by atoms with E-state index in [-0.39, 0.29) is 0 Å². The summed E-state index contributed by atoms with van der Waals surface area (Å²) in [5.41, 5.74) is 3.71. The summed E-state index contributed by atoms with van der Waals surface area (Å²) >= 11 is 0. The third-order valence-electron chi connectivity index (χ3n) is 3.19. The van der Waals surface area contributed by atoms with Gasteiger partial charge in [0.25, 0.3) is 0 Å². The fourth-order valence-corrected chi connectivity index (χ4v) is 2.18. The molecule has 0 fully saturated rings. The highest BCUT2D eigenvalue weighted by molar-refractivity contribution is 5.62. The Labute approximate surface area is 109 Å². The van der Waals surface area contributed by atoms with Crippen molar-refractivity contribution in [3.8, 4) is 11.1 Å². The van der Waals surface area contributed by atoms with E-state index in [1.54, 1.807) is 12.5 Å². The van der Waals surface area contributed by atoms with Crippen molar-refractivity contribution >= 4 is 0 Å². The van der Waals surface area contributed by atoms with Gasteiger partial charge in [-0.25, -0.2) is 0 Å². The summed E-state index contributed by atoms with van der Waals surface area (Å²) in [4.78, 5) is 0. The van der Waals surface area contributed by atoms with Crippen molar-refractivity contribution in [2.45, 2.75) is 32.7 Å². The van der Waals surface area contributed by atoms with Gasteiger partial charge in [0.15, 0.2) is 0 Å². The predicted octanol–water partition coefficient (Wildman–Crippen LogP) is 4.40. The number of hydrogen-bond acceptors (Lipinski definition) is 2. The van der Waals surface area contributed by atoms with Crippen LogP contribution in [0.15, 0.2) is 47.3 Å². The molecule has 0 saturated heterocycles. The molecular formula is C16H21NO. The largest absolute Gasteiger partial charge is 0.472 e. The second-order valence-electron chi connectivity index (χ2n) is 4.55. The first-order valence-electron chi connectivity index (χ1n) is 6.71. The Morgan fingerprint density at radius 1 is 1.17 bits per heavy atom. The second-order valence-corrected chi connectivity index (χ2v) is 4.55. The van der Waals surface area contributed by atoms with Crippen molar-refractivity contribution in [1.82, 2.24) is 5.32 Å². The summed E-state index contributed by atoms with van der Waals surface area (Å²) in [5, 5.41) is 3.58. The van der Waals surface area contributed by atoms with Gasteiger partial charge >= 0.3 is 0 Å². The average molecular weight is 243 g/mol. The van der Waals surface area contributed by atoms with Crippen LogP contribution in [0.4, 0.5) is 0 Å². The van der Waals surface area contributed by atoms with Crippen LogP contribution in [0.1, 0.15) is 38.3 Å². The number of hydrogen-bond donors (Lipinski definition) is 1. The fourth-order valence-electron chi connectivity index (χ4n) is 2.18. The van der Waals surface area contributed by atoms with Gasteiger partial charge in [0, 0.05) is 11.6 Å². The van der Waals surface area contributed by atoms with Crippen molar-refractivity contribution in [1.29, 1.82) is 0 Å². The van der Waals surface area contributed by atoms with Gasteiger partial charge in [-0.05, 0) is 42.6 Å². The molecule has 2 heteroatoms. The molecule has 1 aromatic carbocycles. The normalized spacial score (nSPS) is 12.6. The van der Waals surface area contributed by atoms with Gasteiger partial charge in [-0.2, -0.15) is 0 Å². The zero-order chi connectivity index (χ0) is 12.8. The lowest BCUT2D eigenvalue weighted by Crippen LogP contribution is -2.21. The van der Waals surface area contributed by atoms with Gasteiger partial charge in [0.2, 0.25) is 0 Å². The molecule has 0 spiro atoms. The Morgan fingerprint density at radius 3 is 2.72 bits per heavy atom. The molecule has 0 amide bonds. The summed E-state index contributed by atoms with van der Waals surface area (Å²) < 4.78 is 5.14. The molecule has 0 aliphatic heterocycles. The molecule has 2 rings (SSSR count). The van der Waals surface area contributed by atoms with Crippen LogP contribution in [0.25, 0.3) is 11.1 Å². The van der Waals surface area contributed by atoms with Crippen LogP contribution in [0.5, 0.6) is 0 Å². The van der Waals surface area contributed by atoms with Gasteiger partial charge in [0.1, 0.15) is 0 Å². The Bertz CT molecular complexity index is 462. The van der Waals surface area contributed by atoms with Crippen molar-refractivity contribution in [3.05, 3.63) is 48.4 Å². The molecule has 1 heterocycles. The smallest absolute Gasteiger partial charge is 0.0980 e. The summed E-state index contributed by atoms with van der Waals surface area (Å²) in [6, 6.07) is 11.1. The van der Waals surface area contributed by atoms with Gasteiger partial charge in [-0.15, -0.1) is 0 Å². The molecule has 1 unspecified atom stereocenters. The summed E-state index contributed by atoms with van der Waals surface area (Å²) in [6.07, 6.45) is 5.78. The third kappa shape index (κ3) is 3.02. The van der Waals surface area contributed by atoms with E-state index < -0.39 is 0 Å². The third-order valence-corrected chi connectivity index (χ3v) is 3.19. The molecule has 0 aliphatic carbocycles. The maximum atomic E-state index is 5.14. The first-order chi connectivity index (χ1) is 8.85. The molecule has 2 nitrogen and oxygen atoms in total. The van der Waals surface area contributed by atoms with Crippen molar-refractivity contribution in [2.24, 2.45) is 0 Å². The van der Waals surface area contributed by atoms with Gasteiger partial charge < -0.3 is 9.73 Å². The second kappa shape index (κ2) is 6.41. The molecule has 0 saturated carbocycles. The lowest BCUT2D eigenvalue weighted by Gasteiger charge is -2.17. The molecule has 0 radical (unpaired) electrons. The standard InChI is InChI=1S/C16H21NO/c1-3-9-17-16(4-2)14-7-5-6-13(11-14)15-8-10-18-12-15/h5-8,10-12,16-17H,3-4,9H2,1-2H3. The van der Waals surface area contributed by atoms with Crippen LogP contribution in [-0.2, 0) is 0 Å². The lowest BCUT2D eigenvalue weighted by atomic mass is 9.99. The van der Waals surface area contributed by atoms with E-state index >= 15 is 0 Å². The van der Waals surface area contributed by atoms with E-state index in [1.165, 1.54) is 11.1 Å². The highest BCUT2D eigenvalue weighted by Crippen LogP contribution is 2.24. The Morgan fingerprint density at radius 2 is 2.06 bits per heavy atom. The number of nitrogens with one attached hydrogen (secondary N) is 1. The van der Waals surface area contributed by atoms with E-state index in [0.717, 1.165) is 24.9 Å². The van der Waals surface area contributed by atoms with Gasteiger partial charge in [-0.3, -0.25) is 0 Å². The van der Waals surface area contributed by atoms with E-state index in [9.17, 15) is 0 Å². The molecule has 18 heavy (non-hydrogen) atoms. The summed E-state index contributed by atoms with van der Waals surface area (Å²) in [7, 11) is 0. The minimum Gasteiger partial charge on any atom is -0.472 e. The maximum absolute atomic E-state index is 5.14. The maximum Gasteiger partial charge on any atom is 0.0980 e. The first-order valence-corrected chi connectivity index (χ1v) is 6.71. The van der Waals surface area contributed by atoms with Gasteiger partial charge in [-0.1, -0.05) is 32.0 Å². The van der Waals surface area contributed by atoms with Crippen LogP contribution in [-0.4, -0.2) is 6.54 Å². The first kappa shape index (κ1) is 12.9. The SMILES string of the molecule is CCCNC(CC)c1cccc(-c2ccoc2)c1. The molecule has 1 aromatic heterocycles. The van der Waals surface area contributed by atoms with Crippen LogP contribution < -0.4 is 5.32 Å². The molecular weight excluding hydrogens is 222 g/mol. The molecule has 1 N–H and O–H groups in total. The quantitative estimate of drug-likeness (QED) is 0.813.